The van der Waals surface area contributed by atoms with Gasteiger partial charge in [0, 0.05) is 0 Å². The van der Waals surface area contributed by atoms with Crippen LogP contribution in [0.5, 0.6) is 5.75 Å². The van der Waals surface area contributed by atoms with Crippen LogP contribution < -0.4 is 10.1 Å². The minimum absolute atomic E-state index is 0.0278. The summed E-state index contributed by atoms with van der Waals surface area (Å²) in [4.78, 5) is 15.8. The molecule has 21 heavy (non-hydrogen) atoms. The number of H-pyrrole nitrogens is 1. The number of amides is 1. The highest BCUT2D eigenvalue weighted by Gasteiger charge is 2.12. The summed E-state index contributed by atoms with van der Waals surface area (Å²) >= 11 is 0. The molecule has 0 fully saturated rings. The third-order valence-electron chi connectivity index (χ3n) is 3.12. The molecule has 1 amide bonds. The van der Waals surface area contributed by atoms with Crippen molar-refractivity contribution in [2.75, 3.05) is 6.61 Å². The minimum Gasteiger partial charge on any atom is -0.484 e. The second-order valence-corrected chi connectivity index (χ2v) is 5.18. The summed E-state index contributed by atoms with van der Waals surface area (Å²) in [6, 6.07) is 7.55. The fourth-order valence-corrected chi connectivity index (χ4v) is 1.89. The molecule has 0 aliphatic rings. The largest absolute Gasteiger partial charge is 0.484 e. The lowest BCUT2D eigenvalue weighted by molar-refractivity contribution is -0.123. The first-order chi connectivity index (χ1) is 10.1. The first-order valence-electron chi connectivity index (χ1n) is 6.93. The Balaban J connectivity index is 1.85. The Morgan fingerprint density at radius 3 is 2.86 bits per heavy atom. The number of carbonyl (C=O) groups is 1. The lowest BCUT2D eigenvalue weighted by Gasteiger charge is -2.12. The Labute approximate surface area is 123 Å². The van der Waals surface area contributed by atoms with Gasteiger partial charge < -0.3 is 10.1 Å². The minimum atomic E-state index is -0.231. The van der Waals surface area contributed by atoms with E-state index in [1.54, 1.807) is 0 Å². The van der Waals surface area contributed by atoms with E-state index in [1.807, 2.05) is 31.2 Å². The molecule has 1 aromatic carbocycles. The summed E-state index contributed by atoms with van der Waals surface area (Å²) < 4.78 is 5.52. The Morgan fingerprint density at radius 1 is 1.38 bits per heavy atom. The number of hydrogen-bond donors (Lipinski definition) is 2. The molecule has 1 unspecified atom stereocenters. The van der Waals surface area contributed by atoms with Gasteiger partial charge in [-0.1, -0.05) is 26.0 Å². The van der Waals surface area contributed by atoms with E-state index < -0.39 is 0 Å². The highest BCUT2D eigenvalue weighted by molar-refractivity contribution is 5.77. The van der Waals surface area contributed by atoms with Crippen LogP contribution in [0.3, 0.4) is 0 Å². The fraction of sp³-hybridized carbons (Fsp3) is 0.400. The lowest BCUT2D eigenvalue weighted by Crippen LogP contribution is -2.31. The fourth-order valence-electron chi connectivity index (χ4n) is 1.89. The van der Waals surface area contributed by atoms with E-state index in [2.05, 4.69) is 34.3 Å². The highest BCUT2D eigenvalue weighted by atomic mass is 16.5. The zero-order chi connectivity index (χ0) is 15.2. The topological polar surface area (TPSA) is 79.9 Å². The molecule has 0 aliphatic carbocycles. The molecule has 0 radical (unpaired) electrons. The monoisotopic (exact) mass is 288 g/mol. The smallest absolute Gasteiger partial charge is 0.258 e. The van der Waals surface area contributed by atoms with E-state index in [0.29, 0.717) is 17.5 Å². The molecule has 2 rings (SSSR count). The molecule has 1 aromatic heterocycles. The maximum atomic E-state index is 11.8. The van der Waals surface area contributed by atoms with Gasteiger partial charge in [-0.05, 0) is 30.5 Å². The molecule has 6 heteroatoms. The quantitative estimate of drug-likeness (QED) is 0.854. The number of nitrogens with one attached hydrogen (secondary N) is 2. The number of nitrogens with zero attached hydrogens (tertiary/aromatic N) is 2. The van der Waals surface area contributed by atoms with Crippen LogP contribution in [0.25, 0.3) is 0 Å². The van der Waals surface area contributed by atoms with Gasteiger partial charge in [-0.2, -0.15) is 5.10 Å². The van der Waals surface area contributed by atoms with Crippen molar-refractivity contribution in [1.82, 2.24) is 20.5 Å². The van der Waals surface area contributed by atoms with E-state index >= 15 is 0 Å². The molecule has 2 N–H and O–H groups in total. The highest BCUT2D eigenvalue weighted by Crippen LogP contribution is 2.20. The lowest BCUT2D eigenvalue weighted by atomic mass is 10.0. The van der Waals surface area contributed by atoms with Crippen LogP contribution in [0.15, 0.2) is 30.6 Å². The van der Waals surface area contributed by atoms with Crippen molar-refractivity contribution in [3.63, 3.8) is 0 Å². The first kappa shape index (κ1) is 15.0. The molecule has 112 valence electrons. The molecule has 0 spiro atoms. The molecule has 0 saturated carbocycles. The van der Waals surface area contributed by atoms with Gasteiger partial charge in [-0.15, -0.1) is 0 Å². The van der Waals surface area contributed by atoms with E-state index in [9.17, 15) is 4.79 Å². The van der Waals surface area contributed by atoms with Gasteiger partial charge in [-0.25, -0.2) is 4.98 Å². The summed E-state index contributed by atoms with van der Waals surface area (Å²) in [6.07, 6.45) is 1.41. The number of rotatable bonds is 6. The first-order valence-corrected chi connectivity index (χ1v) is 6.93. The van der Waals surface area contributed by atoms with Crippen LogP contribution in [-0.4, -0.2) is 27.7 Å². The molecule has 1 atom stereocenters. The number of benzene rings is 1. The van der Waals surface area contributed by atoms with Crippen LogP contribution in [0.1, 0.15) is 44.1 Å². The number of carbonyl (C=O) groups excluding carboxylic acids is 1. The average Bonchev–Trinajstić information content (AvgIpc) is 2.99. The van der Waals surface area contributed by atoms with Crippen LogP contribution in [0, 0.1) is 0 Å². The van der Waals surface area contributed by atoms with Crippen molar-refractivity contribution < 1.29 is 9.53 Å². The van der Waals surface area contributed by atoms with Crippen molar-refractivity contribution in [3.05, 3.63) is 42.0 Å². The average molecular weight is 288 g/mol. The Hall–Kier alpha value is -2.37. The molecule has 1 heterocycles. The molecular weight excluding hydrogens is 268 g/mol. The summed E-state index contributed by atoms with van der Waals surface area (Å²) in [5.74, 6) is 1.54. The predicted octanol–water partition coefficient (Wildman–Crippen LogP) is 2.18. The van der Waals surface area contributed by atoms with Crippen molar-refractivity contribution >= 4 is 5.91 Å². The summed E-state index contributed by atoms with van der Waals surface area (Å²) in [7, 11) is 0. The maximum Gasteiger partial charge on any atom is 0.258 e. The van der Waals surface area contributed by atoms with Gasteiger partial charge in [0.25, 0.3) is 5.91 Å². The zero-order valence-electron chi connectivity index (χ0n) is 12.5. The van der Waals surface area contributed by atoms with Crippen LogP contribution in [0.4, 0.5) is 0 Å². The molecule has 6 nitrogen and oxygen atoms in total. The standard InChI is InChI=1S/C15H20N4O2/c1-10(2)12-5-4-6-13(7-12)21-8-14(20)18-11(3)15-16-9-17-19-15/h4-7,9-11H,8H2,1-3H3,(H,18,20)(H,16,17,19). The van der Waals surface area contributed by atoms with E-state index in [0.717, 1.165) is 0 Å². The third kappa shape index (κ3) is 4.30. The Morgan fingerprint density at radius 2 is 2.19 bits per heavy atom. The van der Waals surface area contributed by atoms with Crippen molar-refractivity contribution in [2.45, 2.75) is 32.7 Å². The SMILES string of the molecule is CC(C)c1cccc(OCC(=O)NC(C)c2ncn[nH]2)c1. The molecule has 2 aromatic rings. The van der Waals surface area contributed by atoms with Crippen molar-refractivity contribution in [2.24, 2.45) is 0 Å². The van der Waals surface area contributed by atoms with E-state index in [-0.39, 0.29) is 18.6 Å². The second kappa shape index (κ2) is 6.88. The summed E-state index contributed by atoms with van der Waals surface area (Å²) in [5, 5.41) is 9.26. The van der Waals surface area contributed by atoms with Gasteiger partial charge >= 0.3 is 0 Å². The Kier molecular flexibility index (Phi) is 4.92. The van der Waals surface area contributed by atoms with Crippen LogP contribution >= 0.6 is 0 Å². The molecular formula is C15H20N4O2. The normalized spacial score (nSPS) is 12.2. The number of aromatic amines is 1. The molecule has 0 bridgehead atoms. The van der Waals surface area contributed by atoms with E-state index in [1.165, 1.54) is 11.9 Å². The van der Waals surface area contributed by atoms with E-state index in [4.69, 9.17) is 4.74 Å². The molecule has 0 saturated heterocycles. The summed E-state index contributed by atoms with van der Waals surface area (Å²) in [6.45, 7) is 6.04. The zero-order valence-corrected chi connectivity index (χ0v) is 12.5. The van der Waals surface area contributed by atoms with Gasteiger partial charge in [0.1, 0.15) is 17.9 Å². The summed E-state index contributed by atoms with van der Waals surface area (Å²) in [5.41, 5.74) is 1.18. The Bertz CT molecular complexity index is 581. The van der Waals surface area contributed by atoms with Gasteiger partial charge in [0.15, 0.2) is 6.61 Å². The van der Waals surface area contributed by atoms with Crippen LogP contribution in [-0.2, 0) is 4.79 Å². The van der Waals surface area contributed by atoms with Crippen molar-refractivity contribution in [1.29, 1.82) is 0 Å². The maximum absolute atomic E-state index is 11.8. The number of hydrogen-bond acceptors (Lipinski definition) is 4. The third-order valence-corrected chi connectivity index (χ3v) is 3.12. The van der Waals surface area contributed by atoms with Crippen molar-refractivity contribution in [3.8, 4) is 5.75 Å². The van der Waals surface area contributed by atoms with Gasteiger partial charge in [0.05, 0.1) is 6.04 Å². The van der Waals surface area contributed by atoms with Gasteiger partial charge in [-0.3, -0.25) is 9.89 Å². The molecule has 0 aliphatic heterocycles. The van der Waals surface area contributed by atoms with Crippen LogP contribution in [0.2, 0.25) is 0 Å². The van der Waals surface area contributed by atoms with Gasteiger partial charge in [0.2, 0.25) is 0 Å². The predicted molar refractivity (Wildman–Crippen MR) is 79.0 cm³/mol. The second-order valence-electron chi connectivity index (χ2n) is 5.18. The number of aromatic nitrogens is 3. The number of ether oxygens (including phenoxy) is 1.